The number of benzene rings is 3. The number of hydrogen-bond donors (Lipinski definition) is 1. The van der Waals surface area contributed by atoms with Crippen LogP contribution < -0.4 is 5.32 Å². The summed E-state index contributed by atoms with van der Waals surface area (Å²) in [5, 5.41) is 22.4. The molecule has 1 N–H and O–H groups in total. The van der Waals surface area contributed by atoms with Crippen LogP contribution in [0.4, 0.5) is 0 Å². The van der Waals surface area contributed by atoms with Gasteiger partial charge in [-0.3, -0.25) is 4.98 Å². The first-order valence-corrected chi connectivity index (χ1v) is 10.4. The highest BCUT2D eigenvalue weighted by atomic mass is 14.9. The van der Waals surface area contributed by atoms with E-state index in [9.17, 15) is 5.26 Å². The zero-order chi connectivity index (χ0) is 22.3. The fourth-order valence-electron chi connectivity index (χ4n) is 3.83. The lowest BCUT2D eigenvalue weighted by molar-refractivity contribution is 0.603. The first-order chi connectivity index (χ1) is 15.7. The maximum Gasteiger partial charge on any atom is 0.0998 e. The minimum absolute atomic E-state index is 0.102. The van der Waals surface area contributed by atoms with Gasteiger partial charge in [-0.15, -0.1) is 0 Å². The van der Waals surface area contributed by atoms with Crippen LogP contribution in [0.25, 0.3) is 11.1 Å². The van der Waals surface area contributed by atoms with Crippen LogP contribution in [0, 0.1) is 29.6 Å². The van der Waals surface area contributed by atoms with Gasteiger partial charge in [0.1, 0.15) is 0 Å². The summed E-state index contributed by atoms with van der Waals surface area (Å²) in [4.78, 5) is 4.31. The molecule has 3 aromatic carbocycles. The third-order valence-corrected chi connectivity index (χ3v) is 5.54. The summed E-state index contributed by atoms with van der Waals surface area (Å²) < 4.78 is 0. The SMILES string of the molecule is Cc1ccccc1-c1cc(C(NCc2ccc(C#N)cc2)c2cccnc2)ccc1C#N. The molecule has 1 aromatic heterocycles. The van der Waals surface area contributed by atoms with Gasteiger partial charge in [0.15, 0.2) is 0 Å². The second-order valence-electron chi connectivity index (χ2n) is 7.64. The fraction of sp³-hybridized carbons (Fsp3) is 0.107. The van der Waals surface area contributed by atoms with Gasteiger partial charge < -0.3 is 5.32 Å². The Morgan fingerprint density at radius 2 is 1.66 bits per heavy atom. The van der Waals surface area contributed by atoms with Crippen molar-refractivity contribution >= 4 is 0 Å². The molecule has 4 rings (SSSR count). The molecular formula is C28H22N4. The number of hydrogen-bond acceptors (Lipinski definition) is 4. The highest BCUT2D eigenvalue weighted by Crippen LogP contribution is 2.31. The van der Waals surface area contributed by atoms with Gasteiger partial charge in [-0.1, -0.05) is 48.5 Å². The highest BCUT2D eigenvalue weighted by molar-refractivity contribution is 5.74. The van der Waals surface area contributed by atoms with Crippen LogP contribution in [-0.4, -0.2) is 4.98 Å². The third kappa shape index (κ3) is 4.57. The van der Waals surface area contributed by atoms with Crippen LogP contribution in [0.3, 0.4) is 0 Å². The molecule has 32 heavy (non-hydrogen) atoms. The molecule has 4 aromatic rings. The predicted molar refractivity (Wildman–Crippen MR) is 125 cm³/mol. The molecule has 4 heteroatoms. The number of pyridine rings is 1. The van der Waals surface area contributed by atoms with Crippen molar-refractivity contribution in [3.8, 4) is 23.3 Å². The van der Waals surface area contributed by atoms with Crippen LogP contribution in [0.5, 0.6) is 0 Å². The monoisotopic (exact) mass is 414 g/mol. The van der Waals surface area contributed by atoms with Gasteiger partial charge in [0, 0.05) is 24.5 Å². The summed E-state index contributed by atoms with van der Waals surface area (Å²) in [5.74, 6) is 0. The Hall–Kier alpha value is -4.25. The zero-order valence-corrected chi connectivity index (χ0v) is 17.8. The van der Waals surface area contributed by atoms with Crippen LogP contribution in [0.1, 0.15) is 39.4 Å². The summed E-state index contributed by atoms with van der Waals surface area (Å²) in [7, 11) is 0. The van der Waals surface area contributed by atoms with E-state index in [1.807, 2.05) is 60.8 Å². The van der Waals surface area contributed by atoms with Crippen LogP contribution >= 0.6 is 0 Å². The summed E-state index contributed by atoms with van der Waals surface area (Å²) in [6, 6.07) is 30.1. The molecule has 4 nitrogen and oxygen atoms in total. The molecule has 0 radical (unpaired) electrons. The standard InChI is InChI=1S/C28H22N4/c1-20-5-2-3-7-26(20)27-15-23(12-13-24(27)17-30)28(25-6-4-14-31-19-25)32-18-22-10-8-21(16-29)9-11-22/h2-15,19,28,32H,18H2,1H3. The number of aryl methyl sites for hydroxylation is 1. The van der Waals surface area contributed by atoms with Crippen molar-refractivity contribution in [2.24, 2.45) is 0 Å². The average molecular weight is 415 g/mol. The van der Waals surface area contributed by atoms with Crippen molar-refractivity contribution in [3.63, 3.8) is 0 Å². The largest absolute Gasteiger partial charge is 0.302 e. The van der Waals surface area contributed by atoms with Crippen molar-refractivity contribution in [1.82, 2.24) is 10.3 Å². The van der Waals surface area contributed by atoms with Gasteiger partial charge in [0.25, 0.3) is 0 Å². The second kappa shape index (κ2) is 9.71. The maximum atomic E-state index is 9.71. The molecule has 0 spiro atoms. The molecule has 0 bridgehead atoms. The number of nitrogens with one attached hydrogen (secondary N) is 1. The molecule has 154 valence electrons. The Morgan fingerprint density at radius 1 is 0.844 bits per heavy atom. The molecule has 0 saturated heterocycles. The molecule has 0 fully saturated rings. The Labute approximate surface area is 188 Å². The van der Waals surface area contributed by atoms with Crippen LogP contribution in [0.2, 0.25) is 0 Å². The van der Waals surface area contributed by atoms with E-state index in [4.69, 9.17) is 5.26 Å². The minimum Gasteiger partial charge on any atom is -0.302 e. The van der Waals surface area contributed by atoms with E-state index in [0.29, 0.717) is 17.7 Å². The maximum absolute atomic E-state index is 9.71. The van der Waals surface area contributed by atoms with Gasteiger partial charge >= 0.3 is 0 Å². The van der Waals surface area contributed by atoms with Crippen molar-refractivity contribution in [1.29, 1.82) is 10.5 Å². The van der Waals surface area contributed by atoms with Gasteiger partial charge in [-0.25, -0.2) is 0 Å². The number of nitrogens with zero attached hydrogens (tertiary/aromatic N) is 3. The van der Waals surface area contributed by atoms with Crippen molar-refractivity contribution in [2.45, 2.75) is 19.5 Å². The van der Waals surface area contributed by atoms with Crippen LogP contribution in [0.15, 0.2) is 91.3 Å². The molecule has 0 amide bonds. The fourth-order valence-corrected chi connectivity index (χ4v) is 3.83. The Bertz CT molecular complexity index is 1300. The van der Waals surface area contributed by atoms with E-state index in [1.165, 1.54) is 0 Å². The molecule has 0 aliphatic rings. The normalized spacial score (nSPS) is 11.3. The topological polar surface area (TPSA) is 72.5 Å². The van der Waals surface area contributed by atoms with E-state index in [2.05, 4.69) is 53.6 Å². The summed E-state index contributed by atoms with van der Waals surface area (Å²) in [5.41, 5.74) is 7.61. The van der Waals surface area contributed by atoms with Crippen molar-refractivity contribution in [2.75, 3.05) is 0 Å². The van der Waals surface area contributed by atoms with Gasteiger partial charge in [-0.2, -0.15) is 10.5 Å². The van der Waals surface area contributed by atoms with Crippen molar-refractivity contribution in [3.05, 3.63) is 125 Å². The van der Waals surface area contributed by atoms with Crippen molar-refractivity contribution < 1.29 is 0 Å². The van der Waals surface area contributed by atoms with Gasteiger partial charge in [0.2, 0.25) is 0 Å². The third-order valence-electron chi connectivity index (χ3n) is 5.54. The Morgan fingerprint density at radius 3 is 2.34 bits per heavy atom. The molecule has 1 unspecified atom stereocenters. The molecule has 0 saturated carbocycles. The molecule has 1 atom stereocenters. The van der Waals surface area contributed by atoms with E-state index in [-0.39, 0.29) is 6.04 Å². The molecule has 0 aliphatic heterocycles. The quantitative estimate of drug-likeness (QED) is 0.441. The lowest BCUT2D eigenvalue weighted by Crippen LogP contribution is -2.22. The first-order valence-electron chi connectivity index (χ1n) is 10.4. The van der Waals surface area contributed by atoms with E-state index >= 15 is 0 Å². The number of nitriles is 2. The second-order valence-corrected chi connectivity index (χ2v) is 7.64. The van der Waals surface area contributed by atoms with Crippen LogP contribution in [-0.2, 0) is 6.54 Å². The predicted octanol–water partition coefficient (Wildman–Crippen LogP) is 5.68. The van der Waals surface area contributed by atoms with E-state index in [1.54, 1.807) is 6.20 Å². The van der Waals surface area contributed by atoms with Gasteiger partial charge in [0.05, 0.1) is 29.3 Å². The molecule has 0 aliphatic carbocycles. The number of aromatic nitrogens is 1. The highest BCUT2D eigenvalue weighted by Gasteiger charge is 2.17. The number of rotatable bonds is 6. The summed E-state index contributed by atoms with van der Waals surface area (Å²) >= 11 is 0. The Balaban J connectivity index is 1.73. The van der Waals surface area contributed by atoms with E-state index in [0.717, 1.165) is 33.4 Å². The molecule has 1 heterocycles. The first kappa shape index (κ1) is 21.0. The average Bonchev–Trinajstić information content (AvgIpc) is 2.85. The zero-order valence-electron chi connectivity index (χ0n) is 17.8. The van der Waals surface area contributed by atoms with Gasteiger partial charge in [-0.05, 0) is 65.1 Å². The Kier molecular flexibility index (Phi) is 6.37. The lowest BCUT2D eigenvalue weighted by atomic mass is 9.91. The minimum atomic E-state index is -0.102. The molecular weight excluding hydrogens is 392 g/mol. The summed E-state index contributed by atoms with van der Waals surface area (Å²) in [6.45, 7) is 2.69. The summed E-state index contributed by atoms with van der Waals surface area (Å²) in [6.07, 6.45) is 3.63. The van der Waals surface area contributed by atoms with E-state index < -0.39 is 0 Å². The lowest BCUT2D eigenvalue weighted by Gasteiger charge is -2.21. The smallest absolute Gasteiger partial charge is 0.0998 e.